The first kappa shape index (κ1) is 6.21. The van der Waals surface area contributed by atoms with Crippen molar-refractivity contribution in [2.45, 2.75) is 19.8 Å². The molecule has 5 fully saturated rings. The third-order valence-electron chi connectivity index (χ3n) is 6.55. The minimum Gasteiger partial charge on any atom is -0.299 e. The molecule has 8 unspecified atom stereocenters. The molecule has 1 heteroatoms. The molecule has 5 saturated carbocycles. The summed E-state index contributed by atoms with van der Waals surface area (Å²) in [5, 5.41) is 0. The number of carbonyl (C=O) groups excluding carboxylic acids is 1. The van der Waals surface area contributed by atoms with Crippen LogP contribution in [-0.2, 0) is 4.79 Å². The van der Waals surface area contributed by atoms with Crippen molar-refractivity contribution in [3.63, 3.8) is 0 Å². The molecule has 0 aromatic carbocycles. The largest absolute Gasteiger partial charge is 0.299 e. The zero-order valence-corrected chi connectivity index (χ0v) is 7.86. The van der Waals surface area contributed by atoms with Crippen molar-refractivity contribution < 1.29 is 4.79 Å². The van der Waals surface area contributed by atoms with Gasteiger partial charge in [-0.1, -0.05) is 6.92 Å². The van der Waals surface area contributed by atoms with Gasteiger partial charge in [0.2, 0.25) is 0 Å². The molecule has 2 bridgehead atoms. The maximum atomic E-state index is 12.1. The first-order valence-corrected chi connectivity index (χ1v) is 5.77. The summed E-state index contributed by atoms with van der Waals surface area (Å²) >= 11 is 0. The Balaban J connectivity index is 1.90. The van der Waals surface area contributed by atoms with Crippen LogP contribution in [0, 0.1) is 46.8 Å². The van der Waals surface area contributed by atoms with Gasteiger partial charge in [-0.15, -0.1) is 0 Å². The van der Waals surface area contributed by atoms with Crippen molar-refractivity contribution >= 4 is 5.78 Å². The lowest BCUT2D eigenvalue weighted by Crippen LogP contribution is -2.52. The minimum atomic E-state index is 0.499. The average molecular weight is 174 g/mol. The molecule has 0 spiro atoms. The van der Waals surface area contributed by atoms with Crippen molar-refractivity contribution in [1.82, 2.24) is 0 Å². The molecule has 0 radical (unpaired) electrons. The summed E-state index contributed by atoms with van der Waals surface area (Å²) in [6.07, 6.45) is 2.85. The summed E-state index contributed by atoms with van der Waals surface area (Å²) in [5.41, 5.74) is 0.499. The van der Waals surface area contributed by atoms with Crippen LogP contribution >= 0.6 is 0 Å². The Labute approximate surface area is 77.9 Å². The Kier molecular flexibility index (Phi) is 0.633. The highest BCUT2D eigenvalue weighted by Gasteiger charge is 2.84. The number of hydrogen-bond acceptors (Lipinski definition) is 1. The van der Waals surface area contributed by atoms with Crippen molar-refractivity contribution in [2.75, 3.05) is 0 Å². The van der Waals surface area contributed by atoms with E-state index in [0.29, 0.717) is 23.0 Å². The fourth-order valence-electron chi connectivity index (χ4n) is 6.69. The molecule has 5 aliphatic carbocycles. The second-order valence-corrected chi connectivity index (χ2v) is 6.45. The van der Waals surface area contributed by atoms with Crippen molar-refractivity contribution in [2.24, 2.45) is 46.8 Å². The van der Waals surface area contributed by atoms with Crippen LogP contribution in [0.5, 0.6) is 0 Å². The molecular weight excluding hydrogens is 160 g/mol. The van der Waals surface area contributed by atoms with Gasteiger partial charge in [-0.25, -0.2) is 0 Å². The van der Waals surface area contributed by atoms with Gasteiger partial charge < -0.3 is 0 Å². The summed E-state index contributed by atoms with van der Waals surface area (Å²) in [4.78, 5) is 12.1. The number of hydrogen-bond donors (Lipinski definition) is 0. The molecule has 1 nitrogen and oxygen atoms in total. The van der Waals surface area contributed by atoms with Crippen LogP contribution in [0.3, 0.4) is 0 Å². The molecule has 68 valence electrons. The minimum absolute atomic E-state index is 0.499. The van der Waals surface area contributed by atoms with Gasteiger partial charge in [0.25, 0.3) is 0 Å². The molecule has 13 heavy (non-hydrogen) atoms. The number of rotatable bonds is 0. The number of Topliss-reactive ketones (excluding diaryl/α,β-unsaturated/α-hetero) is 1. The fraction of sp³-hybridized carbons (Fsp3) is 0.917. The first-order valence-electron chi connectivity index (χ1n) is 5.77. The van der Waals surface area contributed by atoms with Crippen molar-refractivity contribution in [3.05, 3.63) is 0 Å². The second kappa shape index (κ2) is 1.32. The molecule has 0 aliphatic heterocycles. The second-order valence-electron chi connectivity index (χ2n) is 6.45. The zero-order chi connectivity index (χ0) is 8.53. The van der Waals surface area contributed by atoms with E-state index in [0.717, 1.165) is 29.6 Å². The zero-order valence-electron chi connectivity index (χ0n) is 7.86. The van der Waals surface area contributed by atoms with Gasteiger partial charge in [-0.05, 0) is 47.8 Å². The van der Waals surface area contributed by atoms with E-state index in [1.54, 1.807) is 0 Å². The third-order valence-corrected chi connectivity index (χ3v) is 6.55. The predicted molar refractivity (Wildman–Crippen MR) is 46.8 cm³/mol. The van der Waals surface area contributed by atoms with Crippen LogP contribution in [-0.4, -0.2) is 5.78 Å². The van der Waals surface area contributed by atoms with E-state index >= 15 is 0 Å². The Hall–Kier alpha value is -0.330. The quantitative estimate of drug-likeness (QED) is 0.546. The molecule has 0 N–H and O–H groups in total. The summed E-state index contributed by atoms with van der Waals surface area (Å²) in [6, 6.07) is 0. The van der Waals surface area contributed by atoms with E-state index in [2.05, 4.69) is 6.92 Å². The van der Waals surface area contributed by atoms with Crippen LogP contribution in [0.2, 0.25) is 0 Å². The first-order chi connectivity index (χ1) is 6.23. The molecule has 5 rings (SSSR count). The maximum Gasteiger partial charge on any atom is 0.140 e. The number of carbonyl (C=O) groups is 1. The molecule has 5 aliphatic rings. The van der Waals surface area contributed by atoms with Gasteiger partial charge in [0, 0.05) is 11.8 Å². The van der Waals surface area contributed by atoms with E-state index in [-0.39, 0.29) is 0 Å². The highest BCUT2D eigenvalue weighted by atomic mass is 16.1. The number of fused-ring (bicyclic) bond motifs is 2. The van der Waals surface area contributed by atoms with Crippen LogP contribution in [0.4, 0.5) is 0 Å². The molecular formula is C12H14O. The van der Waals surface area contributed by atoms with Crippen LogP contribution < -0.4 is 0 Å². The molecule has 0 heterocycles. The van der Waals surface area contributed by atoms with E-state index < -0.39 is 0 Å². The lowest BCUT2D eigenvalue weighted by Gasteiger charge is -2.53. The molecule has 8 atom stereocenters. The van der Waals surface area contributed by atoms with E-state index in [9.17, 15) is 4.79 Å². The average Bonchev–Trinajstić information content (AvgIpc) is 2.57. The van der Waals surface area contributed by atoms with Gasteiger partial charge in [0.1, 0.15) is 5.78 Å². The SMILES string of the molecule is CC12CC3C4CC5C3C(=O)C1C5C42. The lowest BCUT2D eigenvalue weighted by molar-refractivity contribution is -0.143. The smallest absolute Gasteiger partial charge is 0.140 e. The van der Waals surface area contributed by atoms with E-state index in [1.807, 2.05) is 0 Å². The lowest BCUT2D eigenvalue weighted by atomic mass is 9.50. The summed E-state index contributed by atoms with van der Waals surface area (Å²) in [7, 11) is 0. The Bertz CT molecular complexity index is 360. The third kappa shape index (κ3) is 0.340. The fourth-order valence-corrected chi connectivity index (χ4v) is 6.69. The topological polar surface area (TPSA) is 17.1 Å². The molecule has 0 amide bonds. The maximum absolute atomic E-state index is 12.1. The van der Waals surface area contributed by atoms with Gasteiger partial charge in [-0.3, -0.25) is 4.79 Å². The predicted octanol–water partition coefficient (Wildman–Crippen LogP) is 1.72. The molecule has 0 aromatic heterocycles. The molecule has 0 saturated heterocycles. The van der Waals surface area contributed by atoms with Gasteiger partial charge in [-0.2, -0.15) is 0 Å². The van der Waals surface area contributed by atoms with Gasteiger partial charge >= 0.3 is 0 Å². The van der Waals surface area contributed by atoms with Crippen molar-refractivity contribution in [1.29, 1.82) is 0 Å². The van der Waals surface area contributed by atoms with Crippen LogP contribution in [0.25, 0.3) is 0 Å². The van der Waals surface area contributed by atoms with Crippen LogP contribution in [0.1, 0.15) is 19.8 Å². The van der Waals surface area contributed by atoms with Gasteiger partial charge in [0.15, 0.2) is 0 Å². The Morgan fingerprint density at radius 1 is 1.31 bits per heavy atom. The highest BCUT2D eigenvalue weighted by Crippen LogP contribution is 2.86. The monoisotopic (exact) mass is 174 g/mol. The van der Waals surface area contributed by atoms with Gasteiger partial charge in [0.05, 0.1) is 0 Å². The standard InChI is InChI=1S/C12H14O/c1-12-3-6-4-2-5-7(6)11(13)10(12)8(5)9(4)12/h4-10H,2-3H2,1H3. The summed E-state index contributed by atoms with van der Waals surface area (Å²) in [5.74, 6) is 6.39. The Morgan fingerprint density at radius 3 is 3.00 bits per heavy atom. The van der Waals surface area contributed by atoms with Crippen molar-refractivity contribution in [3.8, 4) is 0 Å². The number of ketones is 1. The summed E-state index contributed by atoms with van der Waals surface area (Å²) in [6.45, 7) is 2.41. The highest BCUT2D eigenvalue weighted by molar-refractivity contribution is 5.91. The summed E-state index contributed by atoms with van der Waals surface area (Å²) < 4.78 is 0. The van der Waals surface area contributed by atoms with Crippen LogP contribution in [0.15, 0.2) is 0 Å². The normalized spacial score (nSPS) is 79.8. The Morgan fingerprint density at radius 2 is 2.15 bits per heavy atom. The van der Waals surface area contributed by atoms with E-state index in [4.69, 9.17) is 0 Å². The molecule has 0 aromatic rings. The van der Waals surface area contributed by atoms with E-state index in [1.165, 1.54) is 12.8 Å².